The van der Waals surface area contributed by atoms with Gasteiger partial charge >= 0.3 is 0 Å². The highest BCUT2D eigenvalue weighted by atomic mass is 35.5. The number of allylic oxidation sites excluding steroid dienone is 4. The monoisotopic (exact) mass is 935 g/mol. The lowest BCUT2D eigenvalue weighted by atomic mass is 9.79. The van der Waals surface area contributed by atoms with Crippen molar-refractivity contribution in [1.82, 2.24) is 0 Å². The molecule has 7 nitrogen and oxygen atoms in total. The minimum absolute atomic E-state index is 0. The third kappa shape index (κ3) is 16.9. The summed E-state index contributed by atoms with van der Waals surface area (Å²) >= 11 is 8.75. The van der Waals surface area contributed by atoms with E-state index < -0.39 is 0 Å². The molecule has 0 aromatic carbocycles. The Balaban J connectivity index is 0.000000275. The first-order valence-electron chi connectivity index (χ1n) is 22.8. The molecule has 0 bridgehead atoms. The Kier molecular flexibility index (Phi) is 21.2. The van der Waals surface area contributed by atoms with Crippen molar-refractivity contribution in [3.05, 3.63) is 55.9 Å². The van der Waals surface area contributed by atoms with Gasteiger partial charge in [-0.25, -0.2) is 0 Å². The Hall–Kier alpha value is -3.18. The molecule has 7 rings (SSSR count). The van der Waals surface area contributed by atoms with Crippen LogP contribution in [0.2, 0.25) is 0 Å². The lowest BCUT2D eigenvalue weighted by Gasteiger charge is -2.38. The number of ketones is 1. The Labute approximate surface area is 400 Å². The van der Waals surface area contributed by atoms with E-state index in [2.05, 4.69) is 133 Å². The molecule has 1 amide bonds. The number of amides is 1. The number of hydrogen-bond donors (Lipinski definition) is 1. The molecule has 10 heteroatoms. The topological polar surface area (TPSA) is 84.9 Å². The van der Waals surface area contributed by atoms with Crippen molar-refractivity contribution in [2.45, 2.75) is 179 Å². The first kappa shape index (κ1) is 55.1. The van der Waals surface area contributed by atoms with E-state index in [0.29, 0.717) is 36.5 Å². The molecule has 2 aromatic heterocycles. The van der Waals surface area contributed by atoms with Gasteiger partial charge in [0.1, 0.15) is 5.78 Å². The van der Waals surface area contributed by atoms with Gasteiger partial charge < -0.3 is 19.7 Å². The third-order valence-electron chi connectivity index (χ3n) is 12.3. The maximum atomic E-state index is 13.7. The predicted molar refractivity (Wildman–Crippen MR) is 272 cm³/mol. The van der Waals surface area contributed by atoms with Crippen LogP contribution in [0.25, 0.3) is 0 Å². The van der Waals surface area contributed by atoms with E-state index in [0.717, 1.165) is 92.9 Å². The minimum Gasteiger partial charge on any atom is -0.382 e. The van der Waals surface area contributed by atoms with Gasteiger partial charge in [0, 0.05) is 76.9 Å². The van der Waals surface area contributed by atoms with Gasteiger partial charge in [0.2, 0.25) is 11.1 Å². The van der Waals surface area contributed by atoms with Crippen LogP contribution < -0.4 is 10.2 Å². The van der Waals surface area contributed by atoms with Gasteiger partial charge in [0.15, 0.2) is 5.79 Å². The van der Waals surface area contributed by atoms with Gasteiger partial charge in [-0.1, -0.05) is 75.7 Å². The highest BCUT2D eigenvalue weighted by Crippen LogP contribution is 2.38. The third-order valence-corrected chi connectivity index (χ3v) is 14.3. The first-order chi connectivity index (χ1) is 29.2. The van der Waals surface area contributed by atoms with Crippen LogP contribution >= 0.6 is 34.3 Å². The fourth-order valence-corrected chi connectivity index (χ4v) is 10.6. The highest BCUT2D eigenvalue weighted by molar-refractivity contribution is 7.11. The fourth-order valence-electron chi connectivity index (χ4n) is 8.84. The summed E-state index contributed by atoms with van der Waals surface area (Å²) in [5.41, 5.74) is 4.91. The molecule has 64 heavy (non-hydrogen) atoms. The molecular weight excluding hydrogens is 856 g/mol. The summed E-state index contributed by atoms with van der Waals surface area (Å²) in [5.74, 6) is 14.2. The molecule has 4 aliphatic carbocycles. The number of carbonyl (C=O) groups excluding carboxylic acids is 3. The highest BCUT2D eigenvalue weighted by Gasteiger charge is 2.40. The molecule has 354 valence electrons. The second-order valence-electron chi connectivity index (χ2n) is 20.3. The molecule has 1 aliphatic heterocycles. The van der Waals surface area contributed by atoms with E-state index in [1.165, 1.54) is 16.8 Å². The van der Waals surface area contributed by atoms with Crippen molar-refractivity contribution in [3.8, 4) is 23.7 Å². The Morgan fingerprint density at radius 1 is 0.781 bits per heavy atom. The molecule has 4 atom stereocenters. The van der Waals surface area contributed by atoms with E-state index in [1.54, 1.807) is 22.7 Å². The zero-order valence-electron chi connectivity index (χ0n) is 39.0. The van der Waals surface area contributed by atoms with E-state index in [-0.39, 0.29) is 60.5 Å². The molecule has 2 aromatic rings. The number of hydrogen-bond acceptors (Lipinski definition) is 8. The summed E-state index contributed by atoms with van der Waals surface area (Å²) in [7, 11) is 0. The van der Waals surface area contributed by atoms with Crippen molar-refractivity contribution >= 4 is 62.6 Å². The van der Waals surface area contributed by atoms with Crippen LogP contribution in [0.5, 0.6) is 0 Å². The van der Waals surface area contributed by atoms with Crippen molar-refractivity contribution in [2.75, 3.05) is 23.4 Å². The normalized spacial score (nSPS) is 23.3. The molecular formula is C54H79ClN2O5S2. The Morgan fingerprint density at radius 3 is 1.78 bits per heavy atom. The zero-order chi connectivity index (χ0) is 45.2. The number of ether oxygens (including phenoxy) is 2. The molecule has 1 spiro atoms. The number of rotatable bonds is 6. The van der Waals surface area contributed by atoms with E-state index >= 15 is 0 Å². The lowest BCUT2D eigenvalue weighted by Crippen LogP contribution is -2.47. The number of nitrogens with one attached hydrogen (secondary N) is 1. The van der Waals surface area contributed by atoms with Crippen LogP contribution in [-0.2, 0) is 23.9 Å². The van der Waals surface area contributed by atoms with Crippen LogP contribution in [0.3, 0.4) is 0 Å². The molecule has 1 saturated heterocycles. The van der Waals surface area contributed by atoms with Crippen molar-refractivity contribution in [1.29, 1.82) is 0 Å². The predicted octanol–water partition coefficient (Wildman–Crippen LogP) is 14.2. The van der Waals surface area contributed by atoms with Gasteiger partial charge in [0.25, 0.3) is 0 Å². The number of nitrogens with zero attached hydrogens (tertiary/aromatic N) is 1. The Morgan fingerprint density at radius 2 is 1.28 bits per heavy atom. The summed E-state index contributed by atoms with van der Waals surface area (Å²) in [4.78, 5) is 40.5. The van der Waals surface area contributed by atoms with Crippen LogP contribution in [0.4, 0.5) is 11.4 Å². The number of anilines is 2. The number of Topliss-reactive ketones (excluding diaryl/α,β-unsaturated/α-hetero) is 1. The van der Waals surface area contributed by atoms with Crippen molar-refractivity contribution < 1.29 is 23.9 Å². The second-order valence-corrected chi connectivity index (χ2v) is 22.5. The quantitative estimate of drug-likeness (QED) is 0.176. The molecule has 5 aliphatic rings. The van der Waals surface area contributed by atoms with Gasteiger partial charge in [-0.05, 0) is 142 Å². The number of carbonyl (C=O) groups is 3. The van der Waals surface area contributed by atoms with Crippen molar-refractivity contribution in [2.24, 2.45) is 34.5 Å². The van der Waals surface area contributed by atoms with Gasteiger partial charge in [-0.15, -0.1) is 22.7 Å². The smallest absolute Gasteiger partial charge is 0.230 e. The van der Waals surface area contributed by atoms with Gasteiger partial charge in [-0.3, -0.25) is 14.4 Å². The minimum atomic E-state index is -0.268. The van der Waals surface area contributed by atoms with Crippen LogP contribution in [0, 0.1) is 58.2 Å². The van der Waals surface area contributed by atoms with Crippen LogP contribution in [0.1, 0.15) is 171 Å². The molecule has 0 radical (unpaired) electrons. The van der Waals surface area contributed by atoms with Gasteiger partial charge in [-0.2, -0.15) is 0 Å². The molecule has 3 heterocycles. The summed E-state index contributed by atoms with van der Waals surface area (Å²) in [5, 5.41) is 7.69. The summed E-state index contributed by atoms with van der Waals surface area (Å²) in [6.07, 6.45) is 14.8. The van der Waals surface area contributed by atoms with E-state index in [9.17, 15) is 14.4 Å². The second kappa shape index (κ2) is 24.5. The zero-order valence-corrected chi connectivity index (χ0v) is 41.4. The standard InChI is InChI=1S/C25H33NO2S.C18H25NO2S.C9H13ClO.2CH4/c1-17-6-11-23(18(2)14-17)24(28)26(19-7-9-21(27)10-8-19)20-15-22(29-16-20)12-13-25(3,4)5;1-17(2,3)7-6-16-12-15(13-22-16)19-14-4-8-18(9-5-14)20-10-11-21-18;1-6-3-4-8(9(10)11)7(2)5-6;;/h6,15-16,18-19,23H,7-11,14H2,1-5H3;12-14,19H,4-5,8-11H2,1-3H3;3,7-8H,4-5H2,1-2H3;2*1H4/t18-,23-;;7-,8-;;/m0.0../s1. The maximum absolute atomic E-state index is 13.7. The number of halogens is 1. The summed E-state index contributed by atoms with van der Waals surface area (Å²) in [6.45, 7) is 22.7. The fraction of sp³-hybridized carbons (Fsp3) is 0.648. The molecule has 2 saturated carbocycles. The first-order valence-corrected chi connectivity index (χ1v) is 25.0. The Bertz CT molecular complexity index is 2030. The van der Waals surface area contributed by atoms with E-state index in [1.807, 2.05) is 4.90 Å². The largest absolute Gasteiger partial charge is 0.382 e. The average Bonchev–Trinajstić information content (AvgIpc) is 3.97. The van der Waals surface area contributed by atoms with Gasteiger partial charge in [0.05, 0.1) is 28.7 Å². The van der Waals surface area contributed by atoms with Crippen molar-refractivity contribution in [3.63, 3.8) is 0 Å². The lowest BCUT2D eigenvalue weighted by molar-refractivity contribution is -0.177. The SMILES string of the molecule is C.C.CC(C)(C)C#Cc1cc(NC2CCC3(CC2)OCCO3)cs1.CC1=CC[C@H](C(=O)Cl)[C@@H](C)C1.CC1=CC[C@H](C(=O)N(c2csc(C#CC(C)(C)C)c2)C2CCC(=O)CC2)[C@@H](C)C1. The maximum Gasteiger partial charge on any atom is 0.230 e. The number of thiophene rings is 2. The summed E-state index contributed by atoms with van der Waals surface area (Å²) < 4.78 is 11.6. The molecule has 0 unspecified atom stereocenters. The van der Waals surface area contributed by atoms with Crippen LogP contribution in [0.15, 0.2) is 46.2 Å². The van der Waals surface area contributed by atoms with Crippen LogP contribution in [-0.4, -0.2) is 48.0 Å². The molecule has 1 N–H and O–H groups in total. The van der Waals surface area contributed by atoms with E-state index in [4.69, 9.17) is 21.1 Å². The summed E-state index contributed by atoms with van der Waals surface area (Å²) in [6, 6.07) is 4.84. The molecule has 3 fully saturated rings. The average molecular weight is 936 g/mol.